The summed E-state index contributed by atoms with van der Waals surface area (Å²) >= 11 is 1.68. The lowest BCUT2D eigenvalue weighted by Gasteiger charge is -2.14. The van der Waals surface area contributed by atoms with Gasteiger partial charge in [0.15, 0.2) is 11.5 Å². The minimum atomic E-state index is 0.0589. The van der Waals surface area contributed by atoms with Gasteiger partial charge in [0.25, 0.3) is 5.56 Å². The number of hydrogen-bond acceptors (Lipinski definition) is 5. The topological polar surface area (TPSA) is 53.4 Å². The van der Waals surface area contributed by atoms with E-state index in [4.69, 9.17) is 9.47 Å². The molecule has 0 saturated carbocycles. The molecule has 2 heterocycles. The zero-order valence-electron chi connectivity index (χ0n) is 15.3. The maximum atomic E-state index is 13.1. The third-order valence-electron chi connectivity index (χ3n) is 5.12. The molecule has 5 nitrogen and oxygen atoms in total. The number of aromatic nitrogens is 2. The molecular formula is C20H22N2O3S. The molecule has 0 radical (unpaired) electrons. The first-order chi connectivity index (χ1) is 12.6. The van der Waals surface area contributed by atoms with Crippen LogP contribution in [-0.4, -0.2) is 23.8 Å². The first-order valence-electron chi connectivity index (χ1n) is 8.83. The molecule has 2 aromatic heterocycles. The second-order valence-electron chi connectivity index (χ2n) is 6.70. The van der Waals surface area contributed by atoms with Crippen molar-refractivity contribution in [2.24, 2.45) is 0 Å². The molecule has 0 bridgehead atoms. The molecule has 1 aliphatic rings. The molecule has 1 aliphatic carbocycles. The Hall–Kier alpha value is -2.34. The molecule has 26 heavy (non-hydrogen) atoms. The highest BCUT2D eigenvalue weighted by molar-refractivity contribution is 7.18. The van der Waals surface area contributed by atoms with Gasteiger partial charge in [-0.05, 0) is 61.4 Å². The van der Waals surface area contributed by atoms with Crippen molar-refractivity contribution in [2.45, 2.75) is 39.2 Å². The van der Waals surface area contributed by atoms with Gasteiger partial charge in [-0.2, -0.15) is 0 Å². The summed E-state index contributed by atoms with van der Waals surface area (Å²) in [6.07, 6.45) is 6.10. The first-order valence-corrected chi connectivity index (χ1v) is 9.65. The van der Waals surface area contributed by atoms with Gasteiger partial charge in [0, 0.05) is 4.88 Å². The normalized spacial score (nSPS) is 13.7. The average molecular weight is 370 g/mol. The molecule has 0 N–H and O–H groups in total. The monoisotopic (exact) mass is 370 g/mol. The smallest absolute Gasteiger partial charge is 0.262 e. The fourth-order valence-corrected chi connectivity index (χ4v) is 4.89. The van der Waals surface area contributed by atoms with Gasteiger partial charge in [0.1, 0.15) is 4.83 Å². The Bertz CT molecular complexity index is 1040. The van der Waals surface area contributed by atoms with E-state index in [0.717, 1.165) is 40.6 Å². The third kappa shape index (κ3) is 2.78. The van der Waals surface area contributed by atoms with Crippen molar-refractivity contribution in [3.63, 3.8) is 0 Å². The van der Waals surface area contributed by atoms with Crippen molar-refractivity contribution in [1.82, 2.24) is 9.55 Å². The van der Waals surface area contributed by atoms with Gasteiger partial charge in [0.05, 0.1) is 32.5 Å². The molecule has 0 saturated heterocycles. The minimum absolute atomic E-state index is 0.0589. The highest BCUT2D eigenvalue weighted by Crippen LogP contribution is 2.34. The zero-order valence-corrected chi connectivity index (χ0v) is 16.1. The summed E-state index contributed by atoms with van der Waals surface area (Å²) < 4.78 is 12.5. The summed E-state index contributed by atoms with van der Waals surface area (Å²) in [5.74, 6) is 1.37. The van der Waals surface area contributed by atoms with Crippen LogP contribution >= 0.6 is 11.3 Å². The van der Waals surface area contributed by atoms with Gasteiger partial charge in [-0.25, -0.2) is 4.98 Å². The molecule has 4 rings (SSSR count). The van der Waals surface area contributed by atoms with Crippen LogP contribution in [0, 0.1) is 6.92 Å². The number of nitrogens with zero attached hydrogens (tertiary/aromatic N) is 2. The van der Waals surface area contributed by atoms with Crippen molar-refractivity contribution >= 4 is 21.6 Å². The van der Waals surface area contributed by atoms with Crippen molar-refractivity contribution in [2.75, 3.05) is 14.2 Å². The molecule has 0 fully saturated rings. The number of fused-ring (bicyclic) bond motifs is 3. The summed E-state index contributed by atoms with van der Waals surface area (Å²) in [5.41, 5.74) is 3.37. The SMILES string of the molecule is COc1cc(C)c(Cn2cnc3sc4c(c3c2=O)CCCC4)cc1OC. The Morgan fingerprint density at radius 3 is 2.65 bits per heavy atom. The number of benzene rings is 1. The number of rotatable bonds is 4. The van der Waals surface area contributed by atoms with E-state index in [1.807, 2.05) is 19.1 Å². The maximum Gasteiger partial charge on any atom is 0.262 e. The Morgan fingerprint density at radius 2 is 1.88 bits per heavy atom. The van der Waals surface area contributed by atoms with E-state index in [-0.39, 0.29) is 5.56 Å². The number of thiophene rings is 1. The van der Waals surface area contributed by atoms with Crippen LogP contribution < -0.4 is 15.0 Å². The van der Waals surface area contributed by atoms with E-state index in [1.54, 1.807) is 36.5 Å². The number of methoxy groups -OCH3 is 2. The van der Waals surface area contributed by atoms with E-state index < -0.39 is 0 Å². The Morgan fingerprint density at radius 1 is 1.15 bits per heavy atom. The first kappa shape index (κ1) is 17.1. The molecule has 136 valence electrons. The van der Waals surface area contributed by atoms with Crippen LogP contribution in [0.25, 0.3) is 10.2 Å². The van der Waals surface area contributed by atoms with Gasteiger partial charge in [-0.1, -0.05) is 0 Å². The van der Waals surface area contributed by atoms with Crippen LogP contribution in [-0.2, 0) is 19.4 Å². The fraction of sp³-hybridized carbons (Fsp3) is 0.400. The molecule has 1 aromatic carbocycles. The van der Waals surface area contributed by atoms with Gasteiger partial charge in [-0.15, -0.1) is 11.3 Å². The van der Waals surface area contributed by atoms with Crippen LogP contribution in [0.15, 0.2) is 23.3 Å². The molecular weight excluding hydrogens is 348 g/mol. The highest BCUT2D eigenvalue weighted by atomic mass is 32.1. The van der Waals surface area contributed by atoms with Crippen molar-refractivity contribution in [3.05, 3.63) is 50.4 Å². The van der Waals surface area contributed by atoms with Gasteiger partial charge in [-0.3, -0.25) is 9.36 Å². The number of hydrogen-bond donors (Lipinski definition) is 0. The van der Waals surface area contributed by atoms with E-state index in [0.29, 0.717) is 18.0 Å². The molecule has 0 amide bonds. The van der Waals surface area contributed by atoms with Crippen LogP contribution in [0.3, 0.4) is 0 Å². The van der Waals surface area contributed by atoms with E-state index in [2.05, 4.69) is 4.98 Å². The Kier molecular flexibility index (Phi) is 4.44. The molecule has 0 atom stereocenters. The largest absolute Gasteiger partial charge is 0.493 e. The van der Waals surface area contributed by atoms with Crippen LogP contribution in [0.2, 0.25) is 0 Å². The third-order valence-corrected chi connectivity index (χ3v) is 6.32. The lowest BCUT2D eigenvalue weighted by molar-refractivity contribution is 0.354. The molecule has 0 spiro atoms. The van der Waals surface area contributed by atoms with Crippen LogP contribution in [0.1, 0.15) is 34.4 Å². The van der Waals surface area contributed by atoms with E-state index >= 15 is 0 Å². The maximum absolute atomic E-state index is 13.1. The highest BCUT2D eigenvalue weighted by Gasteiger charge is 2.20. The predicted molar refractivity (Wildman–Crippen MR) is 104 cm³/mol. The number of aryl methyl sites for hydroxylation is 3. The summed E-state index contributed by atoms with van der Waals surface area (Å²) in [7, 11) is 3.24. The Labute approximate surface area is 156 Å². The van der Waals surface area contributed by atoms with Gasteiger partial charge < -0.3 is 9.47 Å². The van der Waals surface area contributed by atoms with Crippen molar-refractivity contribution in [1.29, 1.82) is 0 Å². The quantitative estimate of drug-likeness (QED) is 0.702. The summed E-state index contributed by atoms with van der Waals surface area (Å²) in [6.45, 7) is 2.49. The molecule has 6 heteroatoms. The summed E-state index contributed by atoms with van der Waals surface area (Å²) in [6, 6.07) is 3.88. The lowest BCUT2D eigenvalue weighted by Crippen LogP contribution is -2.22. The fourth-order valence-electron chi connectivity index (χ4n) is 3.67. The zero-order chi connectivity index (χ0) is 18.3. The predicted octanol–water partition coefficient (Wildman–Crippen LogP) is 3.71. The molecule has 0 aliphatic heterocycles. The molecule has 3 aromatic rings. The summed E-state index contributed by atoms with van der Waals surface area (Å²) in [5, 5.41) is 0.824. The average Bonchev–Trinajstić information content (AvgIpc) is 3.04. The molecule has 0 unspecified atom stereocenters. The lowest BCUT2D eigenvalue weighted by atomic mass is 9.97. The minimum Gasteiger partial charge on any atom is -0.493 e. The van der Waals surface area contributed by atoms with Crippen LogP contribution in [0.5, 0.6) is 11.5 Å². The summed E-state index contributed by atoms with van der Waals surface area (Å²) in [4.78, 5) is 19.9. The van der Waals surface area contributed by atoms with Gasteiger partial charge >= 0.3 is 0 Å². The van der Waals surface area contributed by atoms with Crippen molar-refractivity contribution < 1.29 is 9.47 Å². The van der Waals surface area contributed by atoms with Crippen molar-refractivity contribution in [3.8, 4) is 11.5 Å². The second-order valence-corrected chi connectivity index (χ2v) is 7.79. The van der Waals surface area contributed by atoms with E-state index in [1.165, 1.54) is 16.9 Å². The van der Waals surface area contributed by atoms with Gasteiger partial charge in [0.2, 0.25) is 0 Å². The Balaban J connectivity index is 1.79. The van der Waals surface area contributed by atoms with Crippen LogP contribution in [0.4, 0.5) is 0 Å². The second kappa shape index (κ2) is 6.76. The standard InChI is InChI=1S/C20H22N2O3S/c1-12-8-15(24-2)16(25-3)9-13(12)10-22-11-21-19-18(20(22)23)14-6-4-5-7-17(14)26-19/h8-9,11H,4-7,10H2,1-3H3. The number of ether oxygens (including phenoxy) is 2. The van der Waals surface area contributed by atoms with E-state index in [9.17, 15) is 4.79 Å².